The number of anilines is 1. The summed E-state index contributed by atoms with van der Waals surface area (Å²) in [5.41, 5.74) is 6.29. The molecule has 1 fully saturated rings. The second kappa shape index (κ2) is 5.06. The van der Waals surface area contributed by atoms with E-state index in [0.717, 1.165) is 24.8 Å². The Labute approximate surface area is 107 Å². The van der Waals surface area contributed by atoms with Gasteiger partial charge in [0.15, 0.2) is 0 Å². The number of hydrogen-bond acceptors (Lipinski definition) is 2. The molecule has 0 spiro atoms. The van der Waals surface area contributed by atoms with Crippen LogP contribution in [-0.4, -0.2) is 11.4 Å². The van der Waals surface area contributed by atoms with E-state index >= 15 is 0 Å². The van der Waals surface area contributed by atoms with Gasteiger partial charge in [-0.25, -0.2) is 4.39 Å². The number of carbonyl (C=O) groups excluding carboxylic acids is 1. The van der Waals surface area contributed by atoms with E-state index in [2.05, 4.69) is 5.32 Å². The summed E-state index contributed by atoms with van der Waals surface area (Å²) in [6.45, 7) is 1.81. The van der Waals surface area contributed by atoms with Crippen LogP contribution in [0, 0.1) is 12.7 Å². The molecule has 1 aliphatic rings. The highest BCUT2D eigenvalue weighted by Crippen LogP contribution is 2.27. The number of benzene rings is 1. The number of carbonyl (C=O) groups is 1. The maximum absolute atomic E-state index is 13.6. The monoisotopic (exact) mass is 250 g/mol. The van der Waals surface area contributed by atoms with Crippen molar-refractivity contribution in [3.63, 3.8) is 0 Å². The van der Waals surface area contributed by atoms with Crippen molar-refractivity contribution in [1.82, 2.24) is 0 Å². The number of aryl methyl sites for hydroxylation is 1. The third-order valence-electron chi connectivity index (χ3n) is 3.57. The van der Waals surface area contributed by atoms with Crippen LogP contribution in [0.5, 0.6) is 0 Å². The Morgan fingerprint density at radius 1 is 1.33 bits per heavy atom. The molecule has 1 aromatic carbocycles. The molecule has 0 saturated heterocycles. The fraction of sp³-hybridized carbons (Fsp3) is 0.500. The molecule has 3 nitrogen and oxygen atoms in total. The average Bonchev–Trinajstić information content (AvgIpc) is 2.33. The van der Waals surface area contributed by atoms with Crippen LogP contribution in [0.1, 0.15) is 37.7 Å². The molecule has 0 aromatic heterocycles. The molecule has 1 aliphatic carbocycles. The highest BCUT2D eigenvalue weighted by molar-refractivity contribution is 5.98. The van der Waals surface area contributed by atoms with Crippen molar-refractivity contribution in [2.75, 3.05) is 5.32 Å². The van der Waals surface area contributed by atoms with Crippen molar-refractivity contribution >= 4 is 11.6 Å². The van der Waals surface area contributed by atoms with E-state index in [1.807, 2.05) is 0 Å². The van der Waals surface area contributed by atoms with Gasteiger partial charge in [-0.15, -0.1) is 0 Å². The molecule has 2 rings (SSSR count). The Kier molecular flexibility index (Phi) is 3.66. The lowest BCUT2D eigenvalue weighted by Crippen LogP contribution is -2.52. The largest absolute Gasteiger partial charge is 0.322 e. The molecule has 0 radical (unpaired) electrons. The summed E-state index contributed by atoms with van der Waals surface area (Å²) in [4.78, 5) is 12.1. The van der Waals surface area contributed by atoms with Crippen molar-refractivity contribution in [3.05, 3.63) is 29.6 Å². The Bertz CT molecular complexity index is 453. The topological polar surface area (TPSA) is 55.1 Å². The normalized spacial score (nSPS) is 18.4. The van der Waals surface area contributed by atoms with Gasteiger partial charge in [0.05, 0.1) is 11.2 Å². The van der Waals surface area contributed by atoms with Crippen molar-refractivity contribution in [2.45, 2.75) is 44.6 Å². The third kappa shape index (κ3) is 2.70. The summed E-state index contributed by atoms with van der Waals surface area (Å²) in [5.74, 6) is -0.687. The van der Waals surface area contributed by atoms with Gasteiger partial charge in [-0.3, -0.25) is 4.79 Å². The zero-order valence-electron chi connectivity index (χ0n) is 10.6. The number of hydrogen-bond donors (Lipinski definition) is 2. The average molecular weight is 250 g/mol. The van der Waals surface area contributed by atoms with Crippen LogP contribution in [0.2, 0.25) is 0 Å². The Morgan fingerprint density at radius 3 is 2.61 bits per heavy atom. The van der Waals surface area contributed by atoms with Crippen molar-refractivity contribution in [3.8, 4) is 0 Å². The van der Waals surface area contributed by atoms with Gasteiger partial charge >= 0.3 is 0 Å². The van der Waals surface area contributed by atoms with Crippen LogP contribution in [0.15, 0.2) is 18.2 Å². The first-order chi connectivity index (χ1) is 8.51. The van der Waals surface area contributed by atoms with Crippen molar-refractivity contribution in [2.24, 2.45) is 5.73 Å². The predicted molar refractivity (Wildman–Crippen MR) is 69.8 cm³/mol. The summed E-state index contributed by atoms with van der Waals surface area (Å²) >= 11 is 0. The summed E-state index contributed by atoms with van der Waals surface area (Å²) in [6.07, 6.45) is 4.38. The highest BCUT2D eigenvalue weighted by Gasteiger charge is 2.35. The fourth-order valence-corrected chi connectivity index (χ4v) is 2.38. The SMILES string of the molecule is Cc1ccc(NC(=O)C2(N)CCCCC2)c(F)c1. The van der Waals surface area contributed by atoms with E-state index in [1.54, 1.807) is 19.1 Å². The van der Waals surface area contributed by atoms with Crippen molar-refractivity contribution in [1.29, 1.82) is 0 Å². The number of rotatable bonds is 2. The van der Waals surface area contributed by atoms with Crippen LogP contribution in [0.25, 0.3) is 0 Å². The molecule has 1 amide bonds. The molecule has 1 saturated carbocycles. The van der Waals surface area contributed by atoms with Gasteiger partial charge in [0, 0.05) is 0 Å². The van der Waals surface area contributed by atoms with Gasteiger partial charge in [0.25, 0.3) is 0 Å². The molecule has 0 bridgehead atoms. The van der Waals surface area contributed by atoms with Gasteiger partial charge in [-0.1, -0.05) is 25.3 Å². The van der Waals surface area contributed by atoms with Crippen LogP contribution < -0.4 is 11.1 Å². The number of nitrogens with one attached hydrogen (secondary N) is 1. The lowest BCUT2D eigenvalue weighted by Gasteiger charge is -2.31. The number of amides is 1. The molecule has 0 aliphatic heterocycles. The first-order valence-electron chi connectivity index (χ1n) is 6.38. The Hall–Kier alpha value is -1.42. The van der Waals surface area contributed by atoms with Gasteiger partial charge in [0.1, 0.15) is 5.82 Å². The quantitative estimate of drug-likeness (QED) is 0.848. The van der Waals surface area contributed by atoms with Gasteiger partial charge in [-0.05, 0) is 37.5 Å². The van der Waals surface area contributed by atoms with E-state index in [1.165, 1.54) is 6.07 Å². The maximum atomic E-state index is 13.6. The molecule has 0 unspecified atom stereocenters. The molecular formula is C14H19FN2O. The molecule has 0 atom stereocenters. The minimum Gasteiger partial charge on any atom is -0.322 e. The minimum atomic E-state index is -0.838. The second-order valence-electron chi connectivity index (χ2n) is 5.15. The predicted octanol–water partition coefficient (Wildman–Crippen LogP) is 2.73. The zero-order valence-corrected chi connectivity index (χ0v) is 10.6. The van der Waals surface area contributed by atoms with E-state index in [0.29, 0.717) is 12.8 Å². The summed E-state index contributed by atoms with van der Waals surface area (Å²) in [5, 5.41) is 2.61. The molecule has 98 valence electrons. The Morgan fingerprint density at radius 2 is 2.00 bits per heavy atom. The minimum absolute atomic E-state index is 0.209. The van der Waals surface area contributed by atoms with E-state index in [-0.39, 0.29) is 11.6 Å². The van der Waals surface area contributed by atoms with E-state index < -0.39 is 11.4 Å². The number of nitrogens with two attached hydrogens (primary N) is 1. The lowest BCUT2D eigenvalue weighted by atomic mass is 9.82. The van der Waals surface area contributed by atoms with Crippen LogP contribution >= 0.6 is 0 Å². The fourth-order valence-electron chi connectivity index (χ4n) is 2.38. The molecule has 4 heteroatoms. The second-order valence-corrected chi connectivity index (χ2v) is 5.15. The first kappa shape index (κ1) is 13.0. The van der Waals surface area contributed by atoms with Gasteiger partial charge in [0.2, 0.25) is 5.91 Å². The summed E-state index contributed by atoms with van der Waals surface area (Å²) in [7, 11) is 0. The Balaban J connectivity index is 2.11. The zero-order chi connectivity index (χ0) is 13.2. The van der Waals surface area contributed by atoms with Gasteiger partial charge < -0.3 is 11.1 Å². The molecular weight excluding hydrogens is 231 g/mol. The summed E-state index contributed by atoms with van der Waals surface area (Å²) in [6, 6.07) is 4.75. The molecule has 0 heterocycles. The molecule has 3 N–H and O–H groups in total. The number of halogens is 1. The van der Waals surface area contributed by atoms with Crippen LogP contribution in [-0.2, 0) is 4.79 Å². The van der Waals surface area contributed by atoms with Gasteiger partial charge in [-0.2, -0.15) is 0 Å². The van der Waals surface area contributed by atoms with Crippen LogP contribution in [0.3, 0.4) is 0 Å². The highest BCUT2D eigenvalue weighted by atomic mass is 19.1. The van der Waals surface area contributed by atoms with Crippen molar-refractivity contribution < 1.29 is 9.18 Å². The summed E-state index contributed by atoms with van der Waals surface area (Å²) < 4.78 is 13.6. The molecule has 18 heavy (non-hydrogen) atoms. The first-order valence-corrected chi connectivity index (χ1v) is 6.38. The van der Waals surface area contributed by atoms with Crippen LogP contribution in [0.4, 0.5) is 10.1 Å². The maximum Gasteiger partial charge on any atom is 0.244 e. The van der Waals surface area contributed by atoms with E-state index in [4.69, 9.17) is 5.73 Å². The lowest BCUT2D eigenvalue weighted by molar-refractivity contribution is -0.122. The smallest absolute Gasteiger partial charge is 0.244 e. The standard InChI is InChI=1S/C14H19FN2O/c1-10-5-6-12(11(15)9-10)17-13(18)14(16)7-3-2-4-8-14/h5-6,9H,2-4,7-8,16H2,1H3,(H,17,18). The third-order valence-corrected chi connectivity index (χ3v) is 3.57. The van der Waals surface area contributed by atoms with E-state index in [9.17, 15) is 9.18 Å². The molecule has 1 aromatic rings.